The van der Waals surface area contributed by atoms with Gasteiger partial charge in [-0.25, -0.2) is 9.59 Å². The second kappa shape index (κ2) is 10.1. The van der Waals surface area contributed by atoms with Gasteiger partial charge in [-0.2, -0.15) is 0 Å². The number of hydrogen-bond acceptors (Lipinski definition) is 7. The molecule has 0 saturated carbocycles. The van der Waals surface area contributed by atoms with Crippen LogP contribution < -0.4 is 5.76 Å². The van der Waals surface area contributed by atoms with Gasteiger partial charge in [0.15, 0.2) is 12.2 Å². The Balaban J connectivity index is 1.47. The van der Waals surface area contributed by atoms with Gasteiger partial charge in [0, 0.05) is 19.5 Å². The van der Waals surface area contributed by atoms with E-state index in [0.29, 0.717) is 37.0 Å². The van der Waals surface area contributed by atoms with Crippen LogP contribution in [0.2, 0.25) is 0 Å². The summed E-state index contributed by atoms with van der Waals surface area (Å²) in [5, 5.41) is 0. The average molecular weight is 418 g/mol. The van der Waals surface area contributed by atoms with Gasteiger partial charge in [0.05, 0.1) is 12.1 Å². The quantitative estimate of drug-likeness (QED) is 0.602. The van der Waals surface area contributed by atoms with E-state index in [-0.39, 0.29) is 13.0 Å². The Kier molecular flexibility index (Phi) is 7.26. The van der Waals surface area contributed by atoms with Crippen molar-refractivity contribution in [2.45, 2.75) is 51.6 Å². The predicted octanol–water partition coefficient (Wildman–Crippen LogP) is 1.86. The zero-order valence-corrected chi connectivity index (χ0v) is 17.0. The number of aryl methyl sites for hydroxylation is 1. The first-order chi connectivity index (χ1) is 14.5. The van der Waals surface area contributed by atoms with E-state index in [0.717, 1.165) is 12.8 Å². The summed E-state index contributed by atoms with van der Waals surface area (Å²) in [7, 11) is 0. The van der Waals surface area contributed by atoms with Crippen LogP contribution >= 0.6 is 0 Å². The minimum Gasteiger partial charge on any atom is -0.464 e. The minimum absolute atomic E-state index is 0.0561. The molecular formula is C21H26N2O7. The zero-order valence-electron chi connectivity index (χ0n) is 17.0. The molecule has 0 spiro atoms. The Labute approximate surface area is 173 Å². The van der Waals surface area contributed by atoms with Crippen molar-refractivity contribution in [1.29, 1.82) is 0 Å². The van der Waals surface area contributed by atoms with Gasteiger partial charge in [-0.15, -0.1) is 0 Å². The number of fused-ring (bicyclic) bond motifs is 1. The molecule has 0 bridgehead atoms. The molecule has 2 heterocycles. The van der Waals surface area contributed by atoms with Crippen LogP contribution in [-0.4, -0.2) is 53.1 Å². The van der Waals surface area contributed by atoms with Crippen LogP contribution in [-0.2, 0) is 30.4 Å². The van der Waals surface area contributed by atoms with Crippen LogP contribution in [0, 0.1) is 0 Å². The number of aromatic nitrogens is 1. The molecule has 1 saturated heterocycles. The summed E-state index contributed by atoms with van der Waals surface area (Å²) in [5.41, 5.74) is 1.16. The minimum atomic E-state index is -0.619. The van der Waals surface area contributed by atoms with Crippen molar-refractivity contribution >= 4 is 28.9 Å². The number of amides is 1. The molecular weight excluding hydrogens is 392 g/mol. The van der Waals surface area contributed by atoms with Gasteiger partial charge in [0.2, 0.25) is 0 Å². The first-order valence-corrected chi connectivity index (χ1v) is 10.2. The maximum atomic E-state index is 12.5. The maximum absolute atomic E-state index is 12.5. The molecule has 9 nitrogen and oxygen atoms in total. The summed E-state index contributed by atoms with van der Waals surface area (Å²) in [5.74, 6) is -1.84. The first-order valence-electron chi connectivity index (χ1n) is 10.2. The molecule has 1 aliphatic heterocycles. The van der Waals surface area contributed by atoms with Gasteiger partial charge >= 0.3 is 17.7 Å². The summed E-state index contributed by atoms with van der Waals surface area (Å²) < 4.78 is 16.7. The van der Waals surface area contributed by atoms with Gasteiger partial charge in [-0.1, -0.05) is 12.1 Å². The van der Waals surface area contributed by atoms with Crippen molar-refractivity contribution in [3.05, 3.63) is 34.8 Å². The van der Waals surface area contributed by atoms with Crippen molar-refractivity contribution in [2.75, 3.05) is 19.8 Å². The molecule has 1 amide bonds. The number of rotatable bonds is 8. The highest BCUT2D eigenvalue weighted by Crippen LogP contribution is 2.19. The van der Waals surface area contributed by atoms with Gasteiger partial charge in [-0.3, -0.25) is 14.2 Å². The van der Waals surface area contributed by atoms with Gasteiger partial charge in [0.1, 0.15) is 6.04 Å². The summed E-state index contributed by atoms with van der Waals surface area (Å²) in [4.78, 5) is 49.9. The number of oxazole rings is 1. The highest BCUT2D eigenvalue weighted by Gasteiger charge is 2.33. The Morgan fingerprint density at radius 3 is 2.77 bits per heavy atom. The molecule has 0 aliphatic carbocycles. The SMILES string of the molecule is CCOC(=O)C1CCCCN1C(=O)COC(=O)CCCn1c(=O)oc2ccccc21. The number of carbonyl (C=O) groups is 3. The fraction of sp³-hybridized carbons (Fsp3) is 0.524. The molecule has 0 radical (unpaired) electrons. The number of nitrogens with zero attached hydrogens (tertiary/aromatic N) is 2. The summed E-state index contributed by atoms with van der Waals surface area (Å²) >= 11 is 0. The highest BCUT2D eigenvalue weighted by atomic mass is 16.5. The van der Waals surface area contributed by atoms with Gasteiger partial charge in [-0.05, 0) is 44.7 Å². The van der Waals surface area contributed by atoms with Crippen LogP contribution in [0.15, 0.2) is 33.5 Å². The largest absolute Gasteiger partial charge is 0.464 e. The normalized spacial score (nSPS) is 16.4. The number of ether oxygens (including phenoxy) is 2. The van der Waals surface area contributed by atoms with Crippen molar-refractivity contribution in [3.8, 4) is 0 Å². The van der Waals surface area contributed by atoms with E-state index < -0.39 is 36.3 Å². The lowest BCUT2D eigenvalue weighted by atomic mass is 10.0. The number of likely N-dealkylation sites (tertiary alicyclic amines) is 1. The molecule has 2 aromatic rings. The molecule has 9 heteroatoms. The standard InChI is InChI=1S/C21H26N2O7/c1-2-28-20(26)16-9-5-6-12-22(16)18(24)14-29-19(25)11-7-13-23-15-8-3-4-10-17(15)30-21(23)27/h3-4,8,10,16H,2,5-7,9,11-14H2,1H3. The third-order valence-corrected chi connectivity index (χ3v) is 5.07. The van der Waals surface area contributed by atoms with E-state index in [2.05, 4.69) is 0 Å². The fourth-order valence-electron chi connectivity index (χ4n) is 3.62. The monoisotopic (exact) mass is 418 g/mol. The van der Waals surface area contributed by atoms with E-state index in [1.807, 2.05) is 0 Å². The lowest BCUT2D eigenvalue weighted by Crippen LogP contribution is -2.50. The Morgan fingerprint density at radius 2 is 1.97 bits per heavy atom. The van der Waals surface area contributed by atoms with Crippen LogP contribution in [0.5, 0.6) is 0 Å². The maximum Gasteiger partial charge on any atom is 0.419 e. The van der Waals surface area contributed by atoms with Crippen molar-refractivity contribution in [1.82, 2.24) is 9.47 Å². The molecule has 30 heavy (non-hydrogen) atoms. The molecule has 3 rings (SSSR count). The second-order valence-electron chi connectivity index (χ2n) is 7.10. The van der Waals surface area contributed by atoms with E-state index in [1.165, 1.54) is 9.47 Å². The van der Waals surface area contributed by atoms with Gasteiger partial charge < -0.3 is 18.8 Å². The topological polar surface area (TPSA) is 108 Å². The van der Waals surface area contributed by atoms with Crippen molar-refractivity contribution in [3.63, 3.8) is 0 Å². The summed E-state index contributed by atoms with van der Waals surface area (Å²) in [6, 6.07) is 6.44. The Morgan fingerprint density at radius 1 is 1.17 bits per heavy atom. The van der Waals surface area contributed by atoms with Crippen molar-refractivity contribution in [2.24, 2.45) is 0 Å². The molecule has 1 atom stereocenters. The second-order valence-corrected chi connectivity index (χ2v) is 7.10. The van der Waals surface area contributed by atoms with E-state index >= 15 is 0 Å². The molecule has 1 aromatic carbocycles. The summed E-state index contributed by atoms with van der Waals surface area (Å²) in [6.07, 6.45) is 2.61. The van der Waals surface area contributed by atoms with Crippen LogP contribution in [0.4, 0.5) is 0 Å². The number of carbonyl (C=O) groups excluding carboxylic acids is 3. The smallest absolute Gasteiger partial charge is 0.419 e. The van der Waals surface area contributed by atoms with Gasteiger partial charge in [0.25, 0.3) is 5.91 Å². The lowest BCUT2D eigenvalue weighted by molar-refractivity contribution is -0.161. The van der Waals surface area contributed by atoms with Crippen molar-refractivity contribution < 1.29 is 28.3 Å². The highest BCUT2D eigenvalue weighted by molar-refractivity contribution is 5.86. The van der Waals surface area contributed by atoms with E-state index in [4.69, 9.17) is 13.9 Å². The lowest BCUT2D eigenvalue weighted by Gasteiger charge is -2.33. The Hall–Kier alpha value is -3.10. The average Bonchev–Trinajstić information content (AvgIpc) is 3.07. The summed E-state index contributed by atoms with van der Waals surface area (Å²) in [6.45, 7) is 2.30. The third-order valence-electron chi connectivity index (χ3n) is 5.07. The molecule has 1 unspecified atom stereocenters. The number of benzene rings is 1. The molecule has 1 aromatic heterocycles. The number of esters is 2. The molecule has 162 valence electrons. The molecule has 1 fully saturated rings. The Bertz CT molecular complexity index is 962. The first kappa shape index (κ1) is 21.6. The number of piperidine rings is 1. The third kappa shape index (κ3) is 5.08. The number of hydrogen-bond donors (Lipinski definition) is 0. The van der Waals surface area contributed by atoms with Crippen LogP contribution in [0.25, 0.3) is 11.1 Å². The van der Waals surface area contributed by atoms with Crippen LogP contribution in [0.1, 0.15) is 39.0 Å². The number of para-hydroxylation sites is 2. The predicted molar refractivity (Wildman–Crippen MR) is 107 cm³/mol. The van der Waals surface area contributed by atoms with E-state index in [9.17, 15) is 19.2 Å². The fourth-order valence-corrected chi connectivity index (χ4v) is 3.62. The zero-order chi connectivity index (χ0) is 21.5. The molecule has 0 N–H and O–H groups in total. The van der Waals surface area contributed by atoms with E-state index in [1.54, 1.807) is 31.2 Å². The molecule has 1 aliphatic rings. The van der Waals surface area contributed by atoms with Crippen LogP contribution in [0.3, 0.4) is 0 Å².